The lowest BCUT2D eigenvalue weighted by Crippen LogP contribution is -2.32. The number of carbonyl (C=O) groups is 1. The largest absolute Gasteiger partial charge is 0.356 e. The van der Waals surface area contributed by atoms with Gasteiger partial charge in [-0.15, -0.1) is 0 Å². The van der Waals surface area contributed by atoms with Crippen LogP contribution < -0.4 is 5.32 Å². The molecule has 1 amide bonds. The van der Waals surface area contributed by atoms with Crippen LogP contribution >= 0.6 is 0 Å². The molecule has 2 nitrogen and oxygen atoms in total. The Labute approximate surface area is 115 Å². The number of halogens is 1. The van der Waals surface area contributed by atoms with Gasteiger partial charge in [-0.1, -0.05) is 38.8 Å². The smallest absolute Gasteiger partial charge is 0.223 e. The van der Waals surface area contributed by atoms with E-state index in [0.717, 1.165) is 37.7 Å². The summed E-state index contributed by atoms with van der Waals surface area (Å²) in [5.74, 6) is 0.0598. The third kappa shape index (κ3) is 5.86. The molecule has 0 aromatic heterocycles. The summed E-state index contributed by atoms with van der Waals surface area (Å²) >= 11 is 0. The molecule has 1 N–H and O–H groups in total. The highest BCUT2D eigenvalue weighted by Gasteiger charge is 2.14. The minimum atomic E-state index is -0.224. The normalized spacial score (nSPS) is 12.2. The van der Waals surface area contributed by atoms with Crippen LogP contribution in [0.3, 0.4) is 0 Å². The Morgan fingerprint density at radius 2 is 1.95 bits per heavy atom. The molecule has 1 aromatic carbocycles. The Bertz CT molecular complexity index is 375. The highest BCUT2D eigenvalue weighted by molar-refractivity contribution is 5.78. The zero-order valence-electron chi connectivity index (χ0n) is 11.9. The van der Waals surface area contributed by atoms with Gasteiger partial charge in [-0.3, -0.25) is 4.79 Å². The number of carbonyl (C=O) groups excluding carboxylic acids is 1. The molecule has 1 aromatic rings. The van der Waals surface area contributed by atoms with E-state index in [1.54, 1.807) is 12.1 Å². The van der Waals surface area contributed by atoms with Crippen molar-refractivity contribution in [1.29, 1.82) is 0 Å². The first kappa shape index (κ1) is 15.7. The van der Waals surface area contributed by atoms with E-state index >= 15 is 0 Å². The maximum atomic E-state index is 12.7. The van der Waals surface area contributed by atoms with E-state index in [1.165, 1.54) is 12.1 Å². The van der Waals surface area contributed by atoms with Crippen LogP contribution in [-0.2, 0) is 11.2 Å². The third-order valence-electron chi connectivity index (χ3n) is 3.40. The van der Waals surface area contributed by atoms with Gasteiger partial charge in [0.25, 0.3) is 0 Å². The Hall–Kier alpha value is -1.38. The lowest BCUT2D eigenvalue weighted by Gasteiger charge is -2.14. The summed E-state index contributed by atoms with van der Waals surface area (Å²) in [6, 6.07) is 6.42. The Kier molecular flexibility index (Phi) is 7.16. The molecule has 1 atom stereocenters. The average molecular weight is 265 g/mol. The van der Waals surface area contributed by atoms with Crippen LogP contribution in [0.1, 0.15) is 45.1 Å². The number of rotatable bonds is 8. The Morgan fingerprint density at radius 1 is 1.26 bits per heavy atom. The van der Waals surface area contributed by atoms with Crippen LogP contribution in [0, 0.1) is 11.7 Å². The van der Waals surface area contributed by atoms with Gasteiger partial charge in [-0.25, -0.2) is 4.39 Å². The summed E-state index contributed by atoms with van der Waals surface area (Å²) < 4.78 is 12.7. The van der Waals surface area contributed by atoms with Gasteiger partial charge >= 0.3 is 0 Å². The van der Waals surface area contributed by atoms with Crippen LogP contribution in [0.5, 0.6) is 0 Å². The number of hydrogen-bond acceptors (Lipinski definition) is 1. The fourth-order valence-corrected chi connectivity index (χ4v) is 2.10. The molecule has 0 fully saturated rings. The summed E-state index contributed by atoms with van der Waals surface area (Å²) in [6.07, 6.45) is 4.83. The summed E-state index contributed by atoms with van der Waals surface area (Å²) in [4.78, 5) is 12.0. The van der Waals surface area contributed by atoms with Crippen molar-refractivity contribution in [2.24, 2.45) is 5.92 Å². The van der Waals surface area contributed by atoms with Crippen LogP contribution in [0.4, 0.5) is 4.39 Å². The SMILES string of the molecule is CCCC[C@H](CC)C(=O)NCCc1ccc(F)cc1. The van der Waals surface area contributed by atoms with Crippen LogP contribution in [0.25, 0.3) is 0 Å². The zero-order chi connectivity index (χ0) is 14.1. The van der Waals surface area contributed by atoms with Crippen LogP contribution in [-0.4, -0.2) is 12.5 Å². The number of hydrogen-bond donors (Lipinski definition) is 1. The highest BCUT2D eigenvalue weighted by Crippen LogP contribution is 2.12. The minimum absolute atomic E-state index is 0.133. The van der Waals surface area contributed by atoms with E-state index in [-0.39, 0.29) is 17.6 Å². The van der Waals surface area contributed by atoms with Gasteiger partial charge in [0.2, 0.25) is 5.91 Å². The Balaban J connectivity index is 2.31. The standard InChI is InChI=1S/C16H24FNO/c1-3-5-6-14(4-2)16(19)18-12-11-13-7-9-15(17)10-8-13/h7-10,14H,3-6,11-12H2,1-2H3,(H,18,19)/t14-/m0/s1. The maximum Gasteiger partial charge on any atom is 0.223 e. The summed E-state index contributed by atoms with van der Waals surface area (Å²) in [7, 11) is 0. The molecule has 0 aliphatic rings. The first-order valence-corrected chi connectivity index (χ1v) is 7.19. The van der Waals surface area contributed by atoms with Crippen molar-refractivity contribution in [1.82, 2.24) is 5.32 Å². The fraction of sp³-hybridized carbons (Fsp3) is 0.562. The van der Waals surface area contributed by atoms with Gasteiger partial charge in [-0.2, -0.15) is 0 Å². The molecule has 1 rings (SSSR count). The van der Waals surface area contributed by atoms with Gasteiger partial charge in [-0.05, 0) is 37.0 Å². The molecule has 0 radical (unpaired) electrons. The van der Waals surface area contributed by atoms with Crippen LogP contribution in [0.2, 0.25) is 0 Å². The van der Waals surface area contributed by atoms with Crippen molar-refractivity contribution in [3.8, 4) is 0 Å². The molecule has 0 spiro atoms. The molecular weight excluding hydrogens is 241 g/mol. The molecular formula is C16H24FNO. The number of amides is 1. The molecule has 106 valence electrons. The second kappa shape index (κ2) is 8.68. The molecule has 0 saturated heterocycles. The quantitative estimate of drug-likeness (QED) is 0.763. The molecule has 0 saturated carbocycles. The molecule has 3 heteroatoms. The minimum Gasteiger partial charge on any atom is -0.356 e. The number of unbranched alkanes of at least 4 members (excludes halogenated alkanes) is 1. The fourth-order valence-electron chi connectivity index (χ4n) is 2.10. The summed E-state index contributed by atoms with van der Waals surface area (Å²) in [6.45, 7) is 4.81. The first-order valence-electron chi connectivity index (χ1n) is 7.19. The monoisotopic (exact) mass is 265 g/mol. The predicted octanol–water partition coefficient (Wildman–Crippen LogP) is 3.70. The van der Waals surface area contributed by atoms with E-state index in [2.05, 4.69) is 19.2 Å². The topological polar surface area (TPSA) is 29.1 Å². The molecule has 0 heterocycles. The molecule has 0 bridgehead atoms. The predicted molar refractivity (Wildman–Crippen MR) is 76.4 cm³/mol. The van der Waals surface area contributed by atoms with Gasteiger partial charge in [0, 0.05) is 12.5 Å². The second-order valence-electron chi connectivity index (χ2n) is 4.91. The molecule has 0 aliphatic heterocycles. The van der Waals surface area contributed by atoms with E-state index in [0.29, 0.717) is 6.54 Å². The van der Waals surface area contributed by atoms with Crippen molar-refractivity contribution in [2.45, 2.75) is 46.0 Å². The average Bonchev–Trinajstić information content (AvgIpc) is 2.42. The van der Waals surface area contributed by atoms with E-state index < -0.39 is 0 Å². The van der Waals surface area contributed by atoms with Crippen molar-refractivity contribution >= 4 is 5.91 Å². The Morgan fingerprint density at radius 3 is 2.53 bits per heavy atom. The third-order valence-corrected chi connectivity index (χ3v) is 3.40. The molecule has 0 aliphatic carbocycles. The van der Waals surface area contributed by atoms with Crippen molar-refractivity contribution in [3.05, 3.63) is 35.6 Å². The van der Waals surface area contributed by atoms with Gasteiger partial charge in [0.05, 0.1) is 0 Å². The number of nitrogens with one attached hydrogen (secondary N) is 1. The van der Waals surface area contributed by atoms with Crippen LogP contribution in [0.15, 0.2) is 24.3 Å². The van der Waals surface area contributed by atoms with Crippen molar-refractivity contribution in [3.63, 3.8) is 0 Å². The summed E-state index contributed by atoms with van der Waals surface area (Å²) in [5, 5.41) is 2.97. The van der Waals surface area contributed by atoms with Gasteiger partial charge < -0.3 is 5.32 Å². The maximum absolute atomic E-state index is 12.7. The van der Waals surface area contributed by atoms with Gasteiger partial charge in [0.1, 0.15) is 5.82 Å². The number of benzene rings is 1. The lowest BCUT2D eigenvalue weighted by atomic mass is 9.98. The van der Waals surface area contributed by atoms with Crippen molar-refractivity contribution in [2.75, 3.05) is 6.54 Å². The molecule has 0 unspecified atom stereocenters. The zero-order valence-corrected chi connectivity index (χ0v) is 11.9. The van der Waals surface area contributed by atoms with E-state index in [9.17, 15) is 9.18 Å². The lowest BCUT2D eigenvalue weighted by molar-refractivity contribution is -0.125. The first-order chi connectivity index (χ1) is 9.17. The van der Waals surface area contributed by atoms with Gasteiger partial charge in [0.15, 0.2) is 0 Å². The van der Waals surface area contributed by atoms with E-state index in [1.807, 2.05) is 0 Å². The summed E-state index contributed by atoms with van der Waals surface area (Å²) in [5.41, 5.74) is 1.04. The second-order valence-corrected chi connectivity index (χ2v) is 4.91. The van der Waals surface area contributed by atoms with E-state index in [4.69, 9.17) is 0 Å². The molecule has 19 heavy (non-hydrogen) atoms. The van der Waals surface area contributed by atoms with Crippen molar-refractivity contribution < 1.29 is 9.18 Å². The highest BCUT2D eigenvalue weighted by atomic mass is 19.1.